The Morgan fingerprint density at radius 2 is 1.87 bits per heavy atom. The average Bonchev–Trinajstić information content (AvgIpc) is 3.25. The zero-order valence-electron chi connectivity index (χ0n) is 16.9. The molecule has 1 aliphatic heterocycles. The van der Waals surface area contributed by atoms with Gasteiger partial charge in [-0.3, -0.25) is 0 Å². The summed E-state index contributed by atoms with van der Waals surface area (Å²) in [5.74, 6) is 0.220. The minimum absolute atomic E-state index is 0.320. The molecule has 0 bridgehead atoms. The van der Waals surface area contributed by atoms with Gasteiger partial charge in [-0.1, -0.05) is 32.0 Å². The van der Waals surface area contributed by atoms with Crippen molar-refractivity contribution in [3.8, 4) is 5.75 Å². The summed E-state index contributed by atoms with van der Waals surface area (Å²) in [5, 5.41) is 0.643. The smallest absolute Gasteiger partial charge is 0.406 e. The first-order valence-corrected chi connectivity index (χ1v) is 9.86. The number of hydrogen-bond acceptors (Lipinski definition) is 2. The van der Waals surface area contributed by atoms with Crippen molar-refractivity contribution in [3.63, 3.8) is 0 Å². The van der Waals surface area contributed by atoms with Crippen molar-refractivity contribution in [2.75, 3.05) is 6.61 Å². The highest BCUT2D eigenvalue weighted by Gasteiger charge is 2.54. The van der Waals surface area contributed by atoms with E-state index >= 15 is 0 Å². The Morgan fingerprint density at radius 1 is 1.10 bits per heavy atom. The van der Waals surface area contributed by atoms with Gasteiger partial charge in [0.15, 0.2) is 0 Å². The van der Waals surface area contributed by atoms with Crippen molar-refractivity contribution in [1.29, 1.82) is 0 Å². The topological polar surface area (TPSA) is 51.0 Å². The number of H-pyrrole nitrogens is 1. The number of fused-ring (bicyclic) bond motifs is 2. The molecule has 0 saturated heterocycles. The molecule has 2 heterocycles. The molecular formula is C23H24F4N2O. The highest BCUT2D eigenvalue weighted by molar-refractivity contribution is 5.80. The van der Waals surface area contributed by atoms with Crippen molar-refractivity contribution < 1.29 is 22.3 Å². The van der Waals surface area contributed by atoms with Crippen LogP contribution < -0.4 is 10.5 Å². The van der Waals surface area contributed by atoms with Crippen molar-refractivity contribution >= 4 is 10.9 Å². The van der Waals surface area contributed by atoms with E-state index < -0.39 is 29.4 Å². The molecule has 1 aromatic heterocycles. The Kier molecular flexibility index (Phi) is 4.84. The fourth-order valence-corrected chi connectivity index (χ4v) is 4.49. The normalized spacial score (nSPS) is 16.4. The molecule has 0 spiro atoms. The van der Waals surface area contributed by atoms with Gasteiger partial charge in [0, 0.05) is 29.6 Å². The van der Waals surface area contributed by atoms with Crippen LogP contribution in [0.3, 0.4) is 0 Å². The van der Waals surface area contributed by atoms with Crippen LogP contribution in [0.4, 0.5) is 17.6 Å². The van der Waals surface area contributed by atoms with Gasteiger partial charge in [-0.2, -0.15) is 13.2 Å². The summed E-state index contributed by atoms with van der Waals surface area (Å²) in [6, 6.07) is 11.3. The van der Waals surface area contributed by atoms with Gasteiger partial charge in [0.2, 0.25) is 0 Å². The molecule has 1 atom stereocenters. The SMILES string of the molecule is CC(C)(CC(N)(Cc1cc2ccc(F)cc2[nH]1)C(F)(F)F)c1cccc2c1OCC2. The van der Waals surface area contributed by atoms with E-state index in [0.29, 0.717) is 29.0 Å². The fourth-order valence-electron chi connectivity index (χ4n) is 4.49. The Morgan fingerprint density at radius 3 is 2.60 bits per heavy atom. The molecule has 3 N–H and O–H groups in total. The molecule has 0 radical (unpaired) electrons. The highest BCUT2D eigenvalue weighted by Crippen LogP contribution is 2.45. The molecule has 3 aromatic rings. The molecule has 3 nitrogen and oxygen atoms in total. The van der Waals surface area contributed by atoms with E-state index in [9.17, 15) is 17.6 Å². The van der Waals surface area contributed by atoms with Gasteiger partial charge < -0.3 is 15.5 Å². The molecule has 1 aliphatic rings. The standard InChI is InChI=1S/C23H24F4N2O/c1-21(2,18-5-3-4-14-8-9-30-20(14)18)13-22(28,23(25,26)27)12-17-10-15-6-7-16(24)11-19(15)29-17/h3-7,10-11,29H,8-9,12-13,28H2,1-2H3. The second-order valence-corrected chi connectivity index (χ2v) is 8.81. The van der Waals surface area contributed by atoms with E-state index in [1.165, 1.54) is 18.2 Å². The lowest BCUT2D eigenvalue weighted by Gasteiger charge is -2.39. The Balaban J connectivity index is 1.69. The molecule has 0 aliphatic carbocycles. The maximum absolute atomic E-state index is 14.2. The van der Waals surface area contributed by atoms with E-state index in [0.717, 1.165) is 17.5 Å². The van der Waals surface area contributed by atoms with Gasteiger partial charge in [-0.15, -0.1) is 0 Å². The van der Waals surface area contributed by atoms with Gasteiger partial charge in [0.05, 0.1) is 6.61 Å². The molecule has 0 amide bonds. The monoisotopic (exact) mass is 420 g/mol. The van der Waals surface area contributed by atoms with Gasteiger partial charge in [0.1, 0.15) is 17.1 Å². The number of nitrogens with two attached hydrogens (primary N) is 1. The maximum Gasteiger partial charge on any atom is 0.406 e. The number of aromatic nitrogens is 1. The number of aromatic amines is 1. The first kappa shape index (κ1) is 20.7. The van der Waals surface area contributed by atoms with Crippen molar-refractivity contribution in [1.82, 2.24) is 4.98 Å². The minimum Gasteiger partial charge on any atom is -0.493 e. The largest absolute Gasteiger partial charge is 0.493 e. The van der Waals surface area contributed by atoms with Crippen LogP contribution in [-0.4, -0.2) is 23.3 Å². The van der Waals surface area contributed by atoms with Crippen LogP contribution >= 0.6 is 0 Å². The second-order valence-electron chi connectivity index (χ2n) is 8.81. The fraction of sp³-hybridized carbons (Fsp3) is 0.391. The summed E-state index contributed by atoms with van der Waals surface area (Å²) in [5.41, 5.74) is 5.22. The molecule has 2 aromatic carbocycles. The predicted octanol–water partition coefficient (Wildman–Crippen LogP) is 5.41. The number of benzene rings is 2. The quantitative estimate of drug-likeness (QED) is 0.542. The number of rotatable bonds is 5. The van der Waals surface area contributed by atoms with Crippen molar-refractivity contribution in [2.45, 2.75) is 50.2 Å². The number of hydrogen-bond donors (Lipinski definition) is 2. The zero-order valence-corrected chi connectivity index (χ0v) is 16.9. The maximum atomic E-state index is 14.2. The van der Waals surface area contributed by atoms with Gasteiger partial charge in [0.25, 0.3) is 0 Å². The molecule has 0 fully saturated rings. The molecule has 30 heavy (non-hydrogen) atoms. The van der Waals surface area contributed by atoms with E-state index in [-0.39, 0.29) is 6.42 Å². The summed E-state index contributed by atoms with van der Waals surface area (Å²) in [4.78, 5) is 2.89. The Bertz CT molecular complexity index is 1090. The average molecular weight is 420 g/mol. The number of halogens is 4. The van der Waals surface area contributed by atoms with Crippen LogP contribution in [0, 0.1) is 5.82 Å². The van der Waals surface area contributed by atoms with Crippen LogP contribution in [0.25, 0.3) is 10.9 Å². The zero-order chi connectivity index (χ0) is 21.7. The van der Waals surface area contributed by atoms with Crippen LogP contribution in [0.2, 0.25) is 0 Å². The summed E-state index contributed by atoms with van der Waals surface area (Å²) in [6.45, 7) is 4.05. The molecule has 4 rings (SSSR count). The van der Waals surface area contributed by atoms with Crippen molar-refractivity contribution in [3.05, 3.63) is 65.1 Å². The summed E-state index contributed by atoms with van der Waals surface area (Å²) in [7, 11) is 0. The molecular weight excluding hydrogens is 396 g/mol. The number of alkyl halides is 3. The highest BCUT2D eigenvalue weighted by atomic mass is 19.4. The first-order valence-electron chi connectivity index (χ1n) is 9.86. The minimum atomic E-state index is -4.63. The van der Waals surface area contributed by atoms with Crippen LogP contribution in [-0.2, 0) is 18.3 Å². The number of nitrogens with one attached hydrogen (secondary N) is 1. The van der Waals surface area contributed by atoms with E-state index in [1.807, 2.05) is 18.2 Å². The third-order valence-corrected chi connectivity index (χ3v) is 5.91. The summed E-state index contributed by atoms with van der Waals surface area (Å²) >= 11 is 0. The lowest BCUT2D eigenvalue weighted by molar-refractivity contribution is -0.191. The molecule has 0 saturated carbocycles. The Hall–Kier alpha value is -2.54. The van der Waals surface area contributed by atoms with Crippen LogP contribution in [0.5, 0.6) is 5.75 Å². The van der Waals surface area contributed by atoms with E-state index in [2.05, 4.69) is 4.98 Å². The molecule has 7 heteroatoms. The second kappa shape index (κ2) is 7.01. The Labute approximate surface area is 172 Å². The van der Waals surface area contributed by atoms with Crippen LogP contribution in [0.1, 0.15) is 37.1 Å². The van der Waals surface area contributed by atoms with E-state index in [1.54, 1.807) is 19.9 Å². The van der Waals surface area contributed by atoms with E-state index in [4.69, 9.17) is 10.5 Å². The summed E-state index contributed by atoms with van der Waals surface area (Å²) < 4.78 is 61.8. The third kappa shape index (κ3) is 3.67. The van der Waals surface area contributed by atoms with Gasteiger partial charge in [-0.25, -0.2) is 4.39 Å². The number of ether oxygens (including phenoxy) is 1. The van der Waals surface area contributed by atoms with Gasteiger partial charge >= 0.3 is 6.18 Å². The first-order chi connectivity index (χ1) is 14.0. The van der Waals surface area contributed by atoms with Crippen LogP contribution in [0.15, 0.2) is 42.5 Å². The van der Waals surface area contributed by atoms with Crippen molar-refractivity contribution in [2.24, 2.45) is 5.73 Å². The predicted molar refractivity (Wildman–Crippen MR) is 108 cm³/mol. The molecule has 1 unspecified atom stereocenters. The van der Waals surface area contributed by atoms with Gasteiger partial charge in [-0.05, 0) is 47.1 Å². The summed E-state index contributed by atoms with van der Waals surface area (Å²) in [6.07, 6.45) is -4.65. The number of para-hydroxylation sites is 1. The third-order valence-electron chi connectivity index (χ3n) is 5.91. The lowest BCUT2D eigenvalue weighted by Crippen LogP contribution is -2.58. The lowest BCUT2D eigenvalue weighted by atomic mass is 9.71. The molecule has 160 valence electrons.